The Morgan fingerprint density at radius 1 is 0.602 bits per heavy atom. The van der Waals surface area contributed by atoms with Gasteiger partial charge in [0.1, 0.15) is 60.7 Å². The molecule has 4 heterocycles. The lowest BCUT2D eigenvalue weighted by molar-refractivity contribution is -0.144. The molecule has 2 aromatic rings. The monoisotopic (exact) mass is 1250 g/mol. The second-order valence-corrected chi connectivity index (χ2v) is 29.7. The van der Waals surface area contributed by atoms with E-state index >= 15 is 0 Å². The Balaban J connectivity index is 0.884. The summed E-state index contributed by atoms with van der Waals surface area (Å²) in [4.78, 5) is 118. The van der Waals surface area contributed by atoms with E-state index in [1.54, 1.807) is 88.7 Å². The maximum Gasteiger partial charge on any atom is 0.410 e. The third-order valence-electron chi connectivity index (χ3n) is 17.3. The molecule has 2 aliphatic carbocycles. The predicted octanol–water partition coefficient (Wildman–Crippen LogP) is 7.03. The van der Waals surface area contributed by atoms with Crippen molar-refractivity contribution in [3.8, 4) is 23.7 Å². The molecule has 22 heteroatoms. The number of fused-ring (bicyclic) bond motifs is 4. The fourth-order valence-electron chi connectivity index (χ4n) is 13.1. The first-order valence-electron chi connectivity index (χ1n) is 30.8. The van der Waals surface area contributed by atoms with Crippen LogP contribution in [-0.4, -0.2) is 176 Å². The number of nitrogens with zero attached hydrogens (tertiary/aromatic N) is 4. The minimum Gasteiger partial charge on any atom is -0.444 e. The number of rotatable bonds is 16. The average molecular weight is 1250 g/mol. The van der Waals surface area contributed by atoms with Crippen LogP contribution >= 0.6 is 23.5 Å². The summed E-state index contributed by atoms with van der Waals surface area (Å²) >= 11 is 3.20. The van der Waals surface area contributed by atoms with Gasteiger partial charge in [-0.2, -0.15) is 0 Å². The van der Waals surface area contributed by atoms with Crippen LogP contribution in [0.3, 0.4) is 0 Å². The normalized spacial score (nSPS) is 26.5. The predicted molar refractivity (Wildman–Crippen MR) is 337 cm³/mol. The molecule has 20 nitrogen and oxygen atoms in total. The Kier molecular flexibility index (Phi) is 21.3. The van der Waals surface area contributed by atoms with Gasteiger partial charge in [-0.25, -0.2) is 9.59 Å². The summed E-state index contributed by atoms with van der Waals surface area (Å²) in [6.45, 7) is 22.1. The molecule has 88 heavy (non-hydrogen) atoms. The third-order valence-corrected chi connectivity index (χ3v) is 19.8. The van der Waals surface area contributed by atoms with Crippen molar-refractivity contribution in [2.75, 3.05) is 38.8 Å². The Hall–Kier alpha value is -6.46. The number of ether oxygens (including phenoxy) is 4. The molecule has 2 aromatic carbocycles. The third kappa shape index (κ3) is 15.4. The van der Waals surface area contributed by atoms with E-state index in [0.29, 0.717) is 62.9 Å². The molecule has 12 atom stereocenters. The molecule has 4 fully saturated rings. The van der Waals surface area contributed by atoms with Gasteiger partial charge in [0, 0.05) is 26.9 Å². The fraction of sp³-hybridized carbons (Fsp3) is 0.636. The molecule has 8 rings (SSSR count). The first kappa shape index (κ1) is 67.5. The van der Waals surface area contributed by atoms with Crippen LogP contribution in [-0.2, 0) is 60.6 Å². The topological polar surface area (TPSA) is 235 Å². The van der Waals surface area contributed by atoms with Gasteiger partial charge < -0.3 is 50.0 Å². The molecule has 8 amide bonds. The zero-order valence-electron chi connectivity index (χ0n) is 53.5. The summed E-state index contributed by atoms with van der Waals surface area (Å²) in [7, 11) is 3.02. The number of likely N-dealkylation sites (N-methyl/N-ethyl adjacent to an activating group) is 2. The van der Waals surface area contributed by atoms with E-state index in [1.165, 1.54) is 23.9 Å². The second kappa shape index (κ2) is 27.7. The minimum absolute atomic E-state index is 0.0162. The Bertz CT molecular complexity index is 2900. The van der Waals surface area contributed by atoms with Gasteiger partial charge >= 0.3 is 12.2 Å². The van der Waals surface area contributed by atoms with Crippen molar-refractivity contribution in [2.24, 2.45) is 10.8 Å². The van der Waals surface area contributed by atoms with E-state index in [1.807, 2.05) is 76.2 Å². The molecule has 478 valence electrons. The molecule has 0 unspecified atom stereocenters. The van der Waals surface area contributed by atoms with Crippen LogP contribution < -0.4 is 21.3 Å². The SMILES string of the molecule is CC[C@@H](C(=O)N[C@H]1CCS[C@H]2CC(C)(C)[C@@H](C(=O)N[C@H]3c4ccccc4C[C@H]3OCC#CC#CCO[C@@H]3Cc4ccccc4[C@@H]3NC(=O)[C@H]3N4C(=O)[C@@H](NC(=O)[C@H](CC)N(C)C(=O)OC(C)(C)C)CCS[C@H]4CC3(C)C)N2C1=O)N(C)C(=O)OC(C)(C)C. The summed E-state index contributed by atoms with van der Waals surface area (Å²) in [5.41, 5.74) is 1.11. The molecular weight excluding hydrogens is 1160 g/mol. The van der Waals surface area contributed by atoms with E-state index < -0.39 is 107 Å². The van der Waals surface area contributed by atoms with E-state index in [0.717, 1.165) is 22.3 Å². The van der Waals surface area contributed by atoms with Crippen molar-refractivity contribution in [1.82, 2.24) is 40.9 Å². The Labute approximate surface area is 527 Å². The highest BCUT2D eigenvalue weighted by molar-refractivity contribution is 8.00. The number of amides is 8. The standard InChI is InChI=1S/C66H90N8O12S2/c1-15-45(71(13)61(81)85-63(3,4)5)55(75)67-43-29-33-87-49-37-65(9,10)53(73(49)59(43)79)57(77)69-51-41-27-21-19-25-39(41)35-47(51)83-31-23-17-18-24-32-84-48-36-40-26-20-22-28-42(40)52(48)70-58(78)54-66(11,12)38-50-74(54)60(80)44(30-34-88-50)68-56(76)46(16-2)72(14)62(82)86-64(6,7)8/h19-22,25-28,43-54H,15-16,29-38H2,1-14H3,(H,67,75)(H,68,76)(H,69,77)(H,70,78)/t43-,44-,45-,46-,47+,48+,49-,50-,51-,52-,53+,54+/m0/s1. The molecule has 0 spiro atoms. The highest BCUT2D eigenvalue weighted by Crippen LogP contribution is 2.49. The lowest BCUT2D eigenvalue weighted by Gasteiger charge is -2.36. The lowest BCUT2D eigenvalue weighted by atomic mass is 9.83. The van der Waals surface area contributed by atoms with Gasteiger partial charge in [0.15, 0.2) is 0 Å². The van der Waals surface area contributed by atoms with Crippen LogP contribution in [0.5, 0.6) is 0 Å². The number of hydrogen-bond acceptors (Lipinski definition) is 14. The Morgan fingerprint density at radius 3 is 1.32 bits per heavy atom. The summed E-state index contributed by atoms with van der Waals surface area (Å²) in [5.74, 6) is 10.7. The summed E-state index contributed by atoms with van der Waals surface area (Å²) in [5, 5.41) is 11.9. The molecule has 0 saturated carbocycles. The fourth-order valence-corrected chi connectivity index (χ4v) is 16.3. The van der Waals surface area contributed by atoms with E-state index in [4.69, 9.17) is 18.9 Å². The van der Waals surface area contributed by atoms with Crippen LogP contribution in [0.4, 0.5) is 9.59 Å². The quantitative estimate of drug-likeness (QED) is 0.124. The smallest absolute Gasteiger partial charge is 0.410 e. The number of hydrogen-bond donors (Lipinski definition) is 4. The summed E-state index contributed by atoms with van der Waals surface area (Å²) < 4.78 is 23.9. The molecule has 6 aliphatic rings. The van der Waals surface area contributed by atoms with Gasteiger partial charge in [-0.3, -0.25) is 38.6 Å². The molecule has 0 aromatic heterocycles. The zero-order chi connectivity index (χ0) is 64.2. The van der Waals surface area contributed by atoms with Crippen LogP contribution in [0, 0.1) is 34.5 Å². The number of carbonyl (C=O) groups is 8. The van der Waals surface area contributed by atoms with Gasteiger partial charge in [0.2, 0.25) is 35.4 Å². The molecule has 0 bridgehead atoms. The van der Waals surface area contributed by atoms with Crippen molar-refractivity contribution < 1.29 is 57.3 Å². The molecule has 0 radical (unpaired) electrons. The summed E-state index contributed by atoms with van der Waals surface area (Å²) in [6.07, 6.45) is 1.25. The van der Waals surface area contributed by atoms with E-state index in [2.05, 4.69) is 44.9 Å². The first-order chi connectivity index (χ1) is 41.4. The Morgan fingerprint density at radius 2 is 0.966 bits per heavy atom. The van der Waals surface area contributed by atoms with E-state index in [9.17, 15) is 38.4 Å². The maximum atomic E-state index is 14.8. The van der Waals surface area contributed by atoms with Gasteiger partial charge in [-0.15, -0.1) is 23.5 Å². The van der Waals surface area contributed by atoms with Gasteiger partial charge in [0.25, 0.3) is 0 Å². The second-order valence-electron chi connectivity index (χ2n) is 27.1. The summed E-state index contributed by atoms with van der Waals surface area (Å²) in [6, 6.07) is 9.32. The van der Waals surface area contributed by atoms with Crippen LogP contribution in [0.15, 0.2) is 48.5 Å². The highest BCUT2D eigenvalue weighted by Gasteiger charge is 2.57. The number of carbonyl (C=O) groups excluding carboxylic acids is 8. The van der Waals surface area contributed by atoms with Crippen molar-refractivity contribution in [2.45, 2.75) is 217 Å². The number of nitrogens with one attached hydrogen (secondary N) is 4. The first-order valence-corrected chi connectivity index (χ1v) is 32.9. The van der Waals surface area contributed by atoms with Crippen molar-refractivity contribution in [3.63, 3.8) is 0 Å². The molecule has 4 N–H and O–H groups in total. The van der Waals surface area contributed by atoms with Gasteiger partial charge in [-0.1, -0.05) is 102 Å². The van der Waals surface area contributed by atoms with Crippen molar-refractivity contribution in [3.05, 3.63) is 70.8 Å². The van der Waals surface area contributed by atoms with Crippen molar-refractivity contribution >= 4 is 71.2 Å². The zero-order valence-corrected chi connectivity index (χ0v) is 55.2. The highest BCUT2D eigenvalue weighted by atomic mass is 32.2. The van der Waals surface area contributed by atoms with E-state index in [-0.39, 0.29) is 47.6 Å². The van der Waals surface area contributed by atoms with Crippen molar-refractivity contribution in [1.29, 1.82) is 0 Å². The minimum atomic E-state index is -0.906. The average Bonchev–Trinajstić information content (AvgIpc) is 1.74. The molecule has 4 saturated heterocycles. The lowest BCUT2D eigenvalue weighted by Crippen LogP contribution is -2.59. The maximum absolute atomic E-state index is 14.8. The molecule has 4 aliphatic heterocycles. The van der Waals surface area contributed by atoms with Gasteiger partial charge in [-0.05, 0) is 136 Å². The van der Waals surface area contributed by atoms with Crippen LogP contribution in [0.25, 0.3) is 0 Å². The van der Waals surface area contributed by atoms with Crippen LogP contribution in [0.1, 0.15) is 156 Å². The number of benzene rings is 2. The van der Waals surface area contributed by atoms with Gasteiger partial charge in [0.05, 0.1) is 35.0 Å². The number of thioether (sulfide) groups is 2. The molecular formula is C66H90N8O12S2. The largest absolute Gasteiger partial charge is 0.444 e. The van der Waals surface area contributed by atoms with Crippen LogP contribution in [0.2, 0.25) is 0 Å².